The fourth-order valence-corrected chi connectivity index (χ4v) is 0.552. The summed E-state index contributed by atoms with van der Waals surface area (Å²) >= 11 is 0. The average molecular weight is 142 g/mol. The first-order chi connectivity index (χ1) is 4.74. The summed E-state index contributed by atoms with van der Waals surface area (Å²) in [5, 5.41) is 0. The molecule has 1 aromatic heterocycles. The van der Waals surface area contributed by atoms with Gasteiger partial charge in [0.1, 0.15) is 6.20 Å². The Kier molecular flexibility index (Phi) is 1.80. The molecule has 0 bridgehead atoms. The lowest BCUT2D eigenvalue weighted by Crippen LogP contribution is -2.08. The van der Waals surface area contributed by atoms with Crippen molar-refractivity contribution in [3.8, 4) is 5.95 Å². The van der Waals surface area contributed by atoms with E-state index in [1.807, 2.05) is 14.1 Å². The molecule has 0 aliphatic carbocycles. The minimum atomic E-state index is 0.434. The average Bonchev–Trinajstić information content (AvgIpc) is 2.34. The van der Waals surface area contributed by atoms with Crippen molar-refractivity contribution in [1.82, 2.24) is 4.98 Å². The Balaban J connectivity index is 2.78. The molecule has 0 aliphatic heterocycles. The first-order valence-corrected chi connectivity index (χ1v) is 2.91. The van der Waals surface area contributed by atoms with Crippen LogP contribution in [0.5, 0.6) is 5.95 Å². The van der Waals surface area contributed by atoms with E-state index in [0.717, 1.165) is 0 Å². The topological polar surface area (TPSA) is 38.5 Å². The van der Waals surface area contributed by atoms with Crippen molar-refractivity contribution >= 4 is 6.01 Å². The molecular weight excluding hydrogens is 132 g/mol. The summed E-state index contributed by atoms with van der Waals surface area (Å²) < 4.78 is 9.88. The third-order valence-corrected chi connectivity index (χ3v) is 1.06. The lowest BCUT2D eigenvalue weighted by atomic mass is 10.9. The molecule has 0 saturated heterocycles. The fraction of sp³-hybridized carbons (Fsp3) is 0.500. The van der Waals surface area contributed by atoms with Crippen molar-refractivity contribution in [2.75, 3.05) is 26.1 Å². The van der Waals surface area contributed by atoms with Crippen molar-refractivity contribution in [3.63, 3.8) is 0 Å². The van der Waals surface area contributed by atoms with Crippen LogP contribution in [-0.4, -0.2) is 26.2 Å². The third-order valence-electron chi connectivity index (χ3n) is 1.06. The van der Waals surface area contributed by atoms with Gasteiger partial charge in [-0.25, -0.2) is 0 Å². The van der Waals surface area contributed by atoms with Crippen LogP contribution in [-0.2, 0) is 0 Å². The van der Waals surface area contributed by atoms with Crippen molar-refractivity contribution in [2.45, 2.75) is 0 Å². The largest absolute Gasteiger partial charge is 0.467 e. The molecule has 56 valence electrons. The van der Waals surface area contributed by atoms with E-state index in [2.05, 4.69) is 4.98 Å². The van der Waals surface area contributed by atoms with Crippen LogP contribution in [0.25, 0.3) is 0 Å². The highest BCUT2D eigenvalue weighted by Crippen LogP contribution is 2.16. The Labute approximate surface area is 59.4 Å². The Hall–Kier alpha value is -1.19. The highest BCUT2D eigenvalue weighted by atomic mass is 16.6. The second-order valence-electron chi connectivity index (χ2n) is 2.06. The van der Waals surface area contributed by atoms with Crippen molar-refractivity contribution in [1.29, 1.82) is 0 Å². The Morgan fingerprint density at radius 1 is 1.60 bits per heavy atom. The van der Waals surface area contributed by atoms with E-state index in [1.54, 1.807) is 12.0 Å². The van der Waals surface area contributed by atoms with E-state index in [1.165, 1.54) is 6.20 Å². The van der Waals surface area contributed by atoms with Gasteiger partial charge in [-0.1, -0.05) is 0 Å². The molecule has 0 N–H and O–H groups in total. The minimum Gasteiger partial charge on any atom is -0.467 e. The van der Waals surface area contributed by atoms with Crippen molar-refractivity contribution in [2.24, 2.45) is 0 Å². The second kappa shape index (κ2) is 2.60. The summed E-state index contributed by atoms with van der Waals surface area (Å²) in [4.78, 5) is 5.69. The standard InChI is InChI=1S/C6H10N2O2/c1-8(2)6-7-4-5(9-3)10-6/h4H,1-3H3. The molecule has 0 fully saturated rings. The molecule has 0 aliphatic rings. The van der Waals surface area contributed by atoms with Crippen LogP contribution in [0.2, 0.25) is 0 Å². The van der Waals surface area contributed by atoms with Gasteiger partial charge in [-0.3, -0.25) is 0 Å². The number of anilines is 1. The lowest BCUT2D eigenvalue weighted by molar-refractivity contribution is 0.307. The quantitative estimate of drug-likeness (QED) is 0.610. The molecule has 1 heterocycles. The van der Waals surface area contributed by atoms with Gasteiger partial charge >= 0.3 is 5.95 Å². The fourth-order valence-electron chi connectivity index (χ4n) is 0.552. The van der Waals surface area contributed by atoms with Crippen LogP contribution in [0.15, 0.2) is 10.6 Å². The first kappa shape index (κ1) is 6.92. The number of aromatic nitrogens is 1. The molecular formula is C6H10N2O2. The van der Waals surface area contributed by atoms with Gasteiger partial charge in [0.05, 0.1) is 7.11 Å². The predicted octanol–water partition coefficient (Wildman–Crippen LogP) is 0.749. The molecule has 4 nitrogen and oxygen atoms in total. The maximum Gasteiger partial charge on any atom is 0.306 e. The van der Waals surface area contributed by atoms with Crippen LogP contribution in [0.1, 0.15) is 0 Å². The van der Waals surface area contributed by atoms with Gasteiger partial charge in [-0.15, -0.1) is 0 Å². The van der Waals surface area contributed by atoms with Gasteiger partial charge in [0.2, 0.25) is 0 Å². The van der Waals surface area contributed by atoms with E-state index in [4.69, 9.17) is 9.15 Å². The minimum absolute atomic E-state index is 0.434. The molecule has 0 spiro atoms. The number of oxazole rings is 1. The van der Waals surface area contributed by atoms with Gasteiger partial charge in [0, 0.05) is 14.1 Å². The predicted molar refractivity (Wildman–Crippen MR) is 37.4 cm³/mol. The van der Waals surface area contributed by atoms with Crippen LogP contribution >= 0.6 is 0 Å². The number of methoxy groups -OCH3 is 1. The van der Waals surface area contributed by atoms with Gasteiger partial charge < -0.3 is 14.1 Å². The van der Waals surface area contributed by atoms with E-state index < -0.39 is 0 Å². The number of rotatable bonds is 2. The molecule has 0 atom stereocenters. The number of hydrogen-bond donors (Lipinski definition) is 0. The van der Waals surface area contributed by atoms with Gasteiger partial charge in [0.15, 0.2) is 0 Å². The van der Waals surface area contributed by atoms with Crippen molar-refractivity contribution in [3.05, 3.63) is 6.20 Å². The van der Waals surface area contributed by atoms with Gasteiger partial charge in [-0.2, -0.15) is 4.98 Å². The Morgan fingerprint density at radius 2 is 2.30 bits per heavy atom. The highest BCUT2D eigenvalue weighted by molar-refractivity contribution is 5.24. The first-order valence-electron chi connectivity index (χ1n) is 2.91. The molecule has 0 saturated carbocycles. The van der Waals surface area contributed by atoms with E-state index in [0.29, 0.717) is 12.0 Å². The monoisotopic (exact) mass is 142 g/mol. The normalized spacial score (nSPS) is 9.50. The molecule has 1 rings (SSSR count). The zero-order valence-electron chi connectivity index (χ0n) is 6.29. The van der Waals surface area contributed by atoms with E-state index >= 15 is 0 Å². The summed E-state index contributed by atoms with van der Waals surface area (Å²) in [5.74, 6) is 0.434. The zero-order valence-corrected chi connectivity index (χ0v) is 6.29. The maximum atomic E-state index is 5.09. The van der Waals surface area contributed by atoms with Crippen LogP contribution in [0.3, 0.4) is 0 Å². The van der Waals surface area contributed by atoms with E-state index in [-0.39, 0.29) is 0 Å². The Bertz CT molecular complexity index is 207. The summed E-state index contributed by atoms with van der Waals surface area (Å²) in [6.07, 6.45) is 1.54. The number of nitrogens with zero attached hydrogens (tertiary/aromatic N) is 2. The van der Waals surface area contributed by atoms with Crippen molar-refractivity contribution < 1.29 is 9.15 Å². The summed E-state index contributed by atoms with van der Waals surface area (Å²) in [5.41, 5.74) is 0. The molecule has 10 heavy (non-hydrogen) atoms. The highest BCUT2D eigenvalue weighted by Gasteiger charge is 2.03. The number of hydrogen-bond acceptors (Lipinski definition) is 4. The number of ether oxygens (including phenoxy) is 1. The summed E-state index contributed by atoms with van der Waals surface area (Å²) in [6, 6.07) is 0.553. The molecule has 0 aromatic carbocycles. The van der Waals surface area contributed by atoms with Crippen LogP contribution in [0.4, 0.5) is 6.01 Å². The van der Waals surface area contributed by atoms with Gasteiger partial charge in [0.25, 0.3) is 6.01 Å². The maximum absolute atomic E-state index is 5.09. The molecule has 4 heteroatoms. The molecule has 0 unspecified atom stereocenters. The molecule has 0 radical (unpaired) electrons. The summed E-state index contributed by atoms with van der Waals surface area (Å²) in [6.45, 7) is 0. The smallest absolute Gasteiger partial charge is 0.306 e. The van der Waals surface area contributed by atoms with E-state index in [9.17, 15) is 0 Å². The summed E-state index contributed by atoms with van der Waals surface area (Å²) in [7, 11) is 5.25. The van der Waals surface area contributed by atoms with Crippen LogP contribution in [0, 0.1) is 0 Å². The zero-order chi connectivity index (χ0) is 7.56. The van der Waals surface area contributed by atoms with Gasteiger partial charge in [-0.05, 0) is 0 Å². The molecule has 1 aromatic rings. The lowest BCUT2D eigenvalue weighted by Gasteiger charge is -2.03. The van der Waals surface area contributed by atoms with Crippen LogP contribution < -0.4 is 9.64 Å². The second-order valence-corrected chi connectivity index (χ2v) is 2.06. The SMILES string of the molecule is COc1cnc(N(C)C)o1. The Morgan fingerprint density at radius 3 is 2.60 bits per heavy atom. The molecule has 0 amide bonds. The third kappa shape index (κ3) is 1.21.